The van der Waals surface area contributed by atoms with E-state index in [2.05, 4.69) is 48.3 Å². The largest absolute Gasteiger partial charge is 0.391 e. The standard InChI is InChI=1S/C15H28N4O/c1-6-7-16-14-18-9-11(2)13(19-14)17-10-12(20)8-15(3,4)5/h9,12,20H,6-8,10H2,1-5H3,(H2,16,17,18,19). The van der Waals surface area contributed by atoms with Gasteiger partial charge >= 0.3 is 0 Å². The van der Waals surface area contributed by atoms with E-state index in [9.17, 15) is 5.11 Å². The summed E-state index contributed by atoms with van der Waals surface area (Å²) in [4.78, 5) is 8.67. The Morgan fingerprint density at radius 2 is 2.00 bits per heavy atom. The highest BCUT2D eigenvalue weighted by molar-refractivity contribution is 5.46. The Morgan fingerprint density at radius 1 is 1.30 bits per heavy atom. The lowest BCUT2D eigenvalue weighted by Gasteiger charge is -2.23. The summed E-state index contributed by atoms with van der Waals surface area (Å²) in [5, 5.41) is 16.4. The van der Waals surface area contributed by atoms with Gasteiger partial charge in [0.15, 0.2) is 0 Å². The number of hydrogen-bond acceptors (Lipinski definition) is 5. The summed E-state index contributed by atoms with van der Waals surface area (Å²) < 4.78 is 0. The van der Waals surface area contributed by atoms with Crippen LogP contribution >= 0.6 is 0 Å². The molecule has 0 aliphatic heterocycles. The second-order valence-electron chi connectivity index (χ2n) is 6.45. The van der Waals surface area contributed by atoms with Gasteiger partial charge in [0.1, 0.15) is 5.82 Å². The molecule has 1 aromatic rings. The van der Waals surface area contributed by atoms with E-state index in [-0.39, 0.29) is 11.5 Å². The third kappa shape index (κ3) is 6.19. The molecule has 1 rings (SSSR count). The molecular formula is C15H28N4O. The monoisotopic (exact) mass is 280 g/mol. The Labute approximate surface area is 122 Å². The predicted molar refractivity (Wildman–Crippen MR) is 84.1 cm³/mol. The SMILES string of the molecule is CCCNc1ncc(C)c(NCC(O)CC(C)(C)C)n1. The van der Waals surface area contributed by atoms with Crippen molar-refractivity contribution in [3.8, 4) is 0 Å². The highest BCUT2D eigenvalue weighted by Gasteiger charge is 2.16. The van der Waals surface area contributed by atoms with Crippen LogP contribution in [0.5, 0.6) is 0 Å². The average molecular weight is 280 g/mol. The number of aromatic nitrogens is 2. The van der Waals surface area contributed by atoms with Crippen LogP contribution in [-0.4, -0.2) is 34.3 Å². The van der Waals surface area contributed by atoms with Gasteiger partial charge in [-0.25, -0.2) is 4.98 Å². The first-order valence-electron chi connectivity index (χ1n) is 7.31. The normalized spacial score (nSPS) is 13.1. The molecule has 5 nitrogen and oxygen atoms in total. The Bertz CT molecular complexity index is 415. The van der Waals surface area contributed by atoms with Crippen molar-refractivity contribution < 1.29 is 5.11 Å². The Kier molecular flexibility index (Phi) is 6.20. The smallest absolute Gasteiger partial charge is 0.224 e. The number of anilines is 2. The first-order chi connectivity index (χ1) is 9.31. The summed E-state index contributed by atoms with van der Waals surface area (Å²) in [6.45, 7) is 11.8. The lowest BCUT2D eigenvalue weighted by molar-refractivity contribution is 0.132. The number of aryl methyl sites for hydroxylation is 1. The van der Waals surface area contributed by atoms with Crippen LogP contribution in [-0.2, 0) is 0 Å². The van der Waals surface area contributed by atoms with Gasteiger partial charge in [-0.05, 0) is 25.2 Å². The summed E-state index contributed by atoms with van der Waals surface area (Å²) in [6, 6.07) is 0. The van der Waals surface area contributed by atoms with Crippen LogP contribution in [0.3, 0.4) is 0 Å². The lowest BCUT2D eigenvalue weighted by atomic mass is 9.89. The molecule has 0 bridgehead atoms. The summed E-state index contributed by atoms with van der Waals surface area (Å²) in [6.07, 6.45) is 3.20. The van der Waals surface area contributed by atoms with Crippen molar-refractivity contribution >= 4 is 11.8 Å². The maximum Gasteiger partial charge on any atom is 0.224 e. The molecule has 1 aromatic heterocycles. The fourth-order valence-corrected chi connectivity index (χ4v) is 1.94. The van der Waals surface area contributed by atoms with Crippen LogP contribution < -0.4 is 10.6 Å². The van der Waals surface area contributed by atoms with E-state index in [1.807, 2.05) is 6.92 Å². The van der Waals surface area contributed by atoms with Gasteiger partial charge in [0.05, 0.1) is 6.10 Å². The molecule has 1 unspecified atom stereocenters. The molecule has 0 saturated carbocycles. The molecule has 1 atom stereocenters. The average Bonchev–Trinajstić information content (AvgIpc) is 2.34. The van der Waals surface area contributed by atoms with Crippen molar-refractivity contribution in [1.29, 1.82) is 0 Å². The zero-order valence-electron chi connectivity index (χ0n) is 13.3. The zero-order valence-corrected chi connectivity index (χ0v) is 13.3. The van der Waals surface area contributed by atoms with Crippen LogP contribution in [0.1, 0.15) is 46.1 Å². The summed E-state index contributed by atoms with van der Waals surface area (Å²) in [7, 11) is 0. The quantitative estimate of drug-likeness (QED) is 0.716. The Morgan fingerprint density at radius 3 is 2.60 bits per heavy atom. The summed E-state index contributed by atoms with van der Waals surface area (Å²) in [5.74, 6) is 1.41. The van der Waals surface area contributed by atoms with Crippen molar-refractivity contribution in [3.05, 3.63) is 11.8 Å². The number of aliphatic hydroxyl groups is 1. The van der Waals surface area contributed by atoms with E-state index < -0.39 is 0 Å². The number of hydrogen-bond donors (Lipinski definition) is 3. The second kappa shape index (κ2) is 7.43. The molecule has 0 saturated heterocycles. The van der Waals surface area contributed by atoms with E-state index in [0.717, 1.165) is 30.8 Å². The fourth-order valence-electron chi connectivity index (χ4n) is 1.94. The maximum atomic E-state index is 10.0. The second-order valence-corrected chi connectivity index (χ2v) is 6.45. The molecule has 0 fully saturated rings. The molecule has 5 heteroatoms. The molecule has 0 aliphatic rings. The highest BCUT2D eigenvalue weighted by atomic mass is 16.3. The van der Waals surface area contributed by atoms with Gasteiger partial charge in [0, 0.05) is 24.8 Å². The third-order valence-corrected chi connectivity index (χ3v) is 2.86. The van der Waals surface area contributed by atoms with Gasteiger partial charge in [-0.1, -0.05) is 27.7 Å². The van der Waals surface area contributed by atoms with E-state index in [1.165, 1.54) is 0 Å². The van der Waals surface area contributed by atoms with Crippen LogP contribution in [0.4, 0.5) is 11.8 Å². The molecule has 3 N–H and O–H groups in total. The topological polar surface area (TPSA) is 70.1 Å². The first kappa shape index (κ1) is 16.7. The minimum absolute atomic E-state index is 0.121. The molecular weight excluding hydrogens is 252 g/mol. The molecule has 0 radical (unpaired) electrons. The number of nitrogens with zero attached hydrogens (tertiary/aromatic N) is 2. The predicted octanol–water partition coefficient (Wildman–Crippen LogP) is 2.82. The maximum absolute atomic E-state index is 10.0. The summed E-state index contributed by atoms with van der Waals surface area (Å²) >= 11 is 0. The van der Waals surface area contributed by atoms with E-state index >= 15 is 0 Å². The number of nitrogens with one attached hydrogen (secondary N) is 2. The van der Waals surface area contributed by atoms with Crippen molar-refractivity contribution in [2.75, 3.05) is 23.7 Å². The number of rotatable bonds is 7. The summed E-state index contributed by atoms with van der Waals surface area (Å²) in [5.41, 5.74) is 1.10. The van der Waals surface area contributed by atoms with Crippen molar-refractivity contribution in [2.45, 2.75) is 53.6 Å². The minimum atomic E-state index is -0.378. The van der Waals surface area contributed by atoms with Crippen molar-refractivity contribution in [3.63, 3.8) is 0 Å². The van der Waals surface area contributed by atoms with Gasteiger partial charge in [0.2, 0.25) is 5.95 Å². The molecule has 0 aromatic carbocycles. The highest BCUT2D eigenvalue weighted by Crippen LogP contribution is 2.21. The molecule has 0 spiro atoms. The van der Waals surface area contributed by atoms with Gasteiger partial charge in [-0.2, -0.15) is 4.98 Å². The van der Waals surface area contributed by atoms with Gasteiger partial charge in [0.25, 0.3) is 0 Å². The van der Waals surface area contributed by atoms with Gasteiger partial charge < -0.3 is 15.7 Å². The van der Waals surface area contributed by atoms with Crippen molar-refractivity contribution in [1.82, 2.24) is 9.97 Å². The van der Waals surface area contributed by atoms with Crippen LogP contribution in [0.2, 0.25) is 0 Å². The molecule has 1 heterocycles. The van der Waals surface area contributed by atoms with Crippen LogP contribution in [0.25, 0.3) is 0 Å². The lowest BCUT2D eigenvalue weighted by Crippen LogP contribution is -2.25. The zero-order chi connectivity index (χ0) is 15.2. The molecule has 0 aliphatic carbocycles. The minimum Gasteiger partial charge on any atom is -0.391 e. The van der Waals surface area contributed by atoms with Crippen LogP contribution in [0, 0.1) is 12.3 Å². The fraction of sp³-hybridized carbons (Fsp3) is 0.733. The van der Waals surface area contributed by atoms with Gasteiger partial charge in [-0.3, -0.25) is 0 Å². The molecule has 114 valence electrons. The van der Waals surface area contributed by atoms with Gasteiger partial charge in [-0.15, -0.1) is 0 Å². The Balaban J connectivity index is 2.58. The van der Waals surface area contributed by atoms with Crippen LogP contribution in [0.15, 0.2) is 6.20 Å². The third-order valence-electron chi connectivity index (χ3n) is 2.86. The van der Waals surface area contributed by atoms with E-state index in [0.29, 0.717) is 12.5 Å². The Hall–Kier alpha value is -1.36. The van der Waals surface area contributed by atoms with Crippen molar-refractivity contribution in [2.24, 2.45) is 5.41 Å². The number of aliphatic hydroxyl groups excluding tert-OH is 1. The molecule has 20 heavy (non-hydrogen) atoms. The van der Waals surface area contributed by atoms with E-state index in [1.54, 1.807) is 6.20 Å². The van der Waals surface area contributed by atoms with E-state index in [4.69, 9.17) is 0 Å². The molecule has 0 amide bonds. The first-order valence-corrected chi connectivity index (χ1v) is 7.31.